The van der Waals surface area contributed by atoms with Gasteiger partial charge >= 0.3 is 0 Å². The second kappa shape index (κ2) is 8.41. The molecule has 2 amide bonds. The number of hydrogen-bond donors (Lipinski definition) is 2. The van der Waals surface area contributed by atoms with Crippen LogP contribution in [0.3, 0.4) is 0 Å². The summed E-state index contributed by atoms with van der Waals surface area (Å²) < 4.78 is 0. The summed E-state index contributed by atoms with van der Waals surface area (Å²) in [4.78, 5) is 25.3. The molecule has 4 N–H and O–H groups in total. The number of nitrogens with two attached hydrogens (primary N) is 2. The van der Waals surface area contributed by atoms with Crippen LogP contribution in [0, 0.1) is 0 Å². The maximum Gasteiger partial charge on any atom is 0.273 e. The lowest BCUT2D eigenvalue weighted by Gasteiger charge is -2.21. The van der Waals surface area contributed by atoms with Gasteiger partial charge in [0.25, 0.3) is 11.8 Å². The number of amides is 2. The third kappa shape index (κ3) is 4.00. The zero-order valence-corrected chi connectivity index (χ0v) is 16.1. The fraction of sp³-hybridized carbons (Fsp3) is 0. The number of carbonyl (C=O) groups excluding carboxylic acids is 2. The Morgan fingerprint density at radius 3 is 1.43 bits per heavy atom. The molecule has 3 aromatic rings. The minimum absolute atomic E-state index is 0.258. The van der Waals surface area contributed by atoms with Gasteiger partial charge in [0.2, 0.25) is 0 Å². The number of carbonyl (C=O) groups is 2. The molecule has 0 unspecified atom stereocenters. The van der Waals surface area contributed by atoms with Crippen LogP contribution in [0.15, 0.2) is 72.8 Å². The second-order valence-electron chi connectivity index (χ2n) is 5.83. The molecule has 3 rings (SSSR count). The van der Waals surface area contributed by atoms with Gasteiger partial charge in [-0.2, -0.15) is 0 Å². The van der Waals surface area contributed by atoms with Gasteiger partial charge in [-0.15, -0.1) is 0 Å². The fourth-order valence-electron chi connectivity index (χ4n) is 2.56. The van der Waals surface area contributed by atoms with E-state index in [4.69, 9.17) is 34.9 Å². The van der Waals surface area contributed by atoms with Gasteiger partial charge in [0.1, 0.15) is 0 Å². The third-order valence-corrected chi connectivity index (χ3v) is 4.69. The minimum Gasteiger partial charge on any atom is -0.267 e. The molecule has 0 aliphatic heterocycles. The molecule has 0 aromatic heterocycles. The predicted octanol–water partition coefficient (Wildman–Crippen LogP) is 4.03. The number of hydrazine groups is 2. The molecule has 0 aliphatic carbocycles. The van der Waals surface area contributed by atoms with Gasteiger partial charge in [-0.1, -0.05) is 53.5 Å². The van der Waals surface area contributed by atoms with Gasteiger partial charge in [-0.25, -0.2) is 21.7 Å². The van der Waals surface area contributed by atoms with Gasteiger partial charge in [-0.05, 0) is 42.5 Å². The Labute approximate surface area is 171 Å². The maximum atomic E-state index is 12.6. The van der Waals surface area contributed by atoms with Gasteiger partial charge in [-0.3, -0.25) is 9.59 Å². The van der Waals surface area contributed by atoms with E-state index in [1.807, 2.05) is 0 Å². The largest absolute Gasteiger partial charge is 0.273 e. The quantitative estimate of drug-likeness (QED) is 0.382. The van der Waals surface area contributed by atoms with E-state index >= 15 is 0 Å². The van der Waals surface area contributed by atoms with Crippen molar-refractivity contribution in [1.29, 1.82) is 0 Å². The zero-order chi connectivity index (χ0) is 20.3. The van der Waals surface area contributed by atoms with Gasteiger partial charge < -0.3 is 0 Å². The predicted molar refractivity (Wildman–Crippen MR) is 111 cm³/mol. The Bertz CT molecular complexity index is 963. The molecule has 28 heavy (non-hydrogen) atoms. The smallest absolute Gasteiger partial charge is 0.267 e. The first kappa shape index (κ1) is 19.9. The number of anilines is 2. The van der Waals surface area contributed by atoms with Crippen molar-refractivity contribution in [3.63, 3.8) is 0 Å². The van der Waals surface area contributed by atoms with E-state index < -0.39 is 11.8 Å². The summed E-state index contributed by atoms with van der Waals surface area (Å²) in [6, 6.07) is 19.5. The summed E-state index contributed by atoms with van der Waals surface area (Å²) in [7, 11) is 0. The lowest BCUT2D eigenvalue weighted by atomic mass is 10.1. The van der Waals surface area contributed by atoms with Crippen LogP contribution in [0.4, 0.5) is 11.4 Å². The molecule has 0 saturated heterocycles. The van der Waals surface area contributed by atoms with Crippen LogP contribution in [0.5, 0.6) is 0 Å². The Hall–Kier alpha value is -2.90. The summed E-state index contributed by atoms with van der Waals surface area (Å²) in [5, 5.41) is 2.46. The molecule has 142 valence electrons. The molecule has 6 nitrogen and oxygen atoms in total. The summed E-state index contributed by atoms with van der Waals surface area (Å²) in [6.45, 7) is 0. The van der Waals surface area contributed by atoms with Crippen molar-refractivity contribution in [3.8, 4) is 0 Å². The Morgan fingerprint density at radius 2 is 1.04 bits per heavy atom. The average molecular weight is 415 g/mol. The van der Waals surface area contributed by atoms with E-state index in [0.717, 1.165) is 10.0 Å². The summed E-state index contributed by atoms with van der Waals surface area (Å²) in [5.41, 5.74) is 1.19. The topological polar surface area (TPSA) is 92.7 Å². The van der Waals surface area contributed by atoms with Crippen molar-refractivity contribution in [2.24, 2.45) is 11.7 Å². The van der Waals surface area contributed by atoms with E-state index in [1.54, 1.807) is 66.7 Å². The number of halogens is 2. The van der Waals surface area contributed by atoms with Crippen LogP contribution in [0.25, 0.3) is 0 Å². The number of hydrogen-bond acceptors (Lipinski definition) is 4. The van der Waals surface area contributed by atoms with E-state index in [9.17, 15) is 9.59 Å². The summed E-state index contributed by atoms with van der Waals surface area (Å²) in [5.74, 6) is 11.0. The van der Waals surface area contributed by atoms with Crippen molar-refractivity contribution in [3.05, 3.63) is 94.0 Å². The molecule has 0 saturated carbocycles. The van der Waals surface area contributed by atoms with Crippen molar-refractivity contribution < 1.29 is 9.59 Å². The van der Waals surface area contributed by atoms with Gasteiger partial charge in [0.15, 0.2) is 0 Å². The third-order valence-electron chi connectivity index (χ3n) is 4.03. The maximum absolute atomic E-state index is 12.6. The van der Waals surface area contributed by atoms with E-state index in [2.05, 4.69) is 0 Å². The first-order valence-electron chi connectivity index (χ1n) is 8.17. The highest BCUT2D eigenvalue weighted by molar-refractivity contribution is 6.35. The lowest BCUT2D eigenvalue weighted by molar-refractivity contribution is 0.0980. The molecule has 0 radical (unpaired) electrons. The molecule has 0 heterocycles. The molecule has 8 heteroatoms. The first-order chi connectivity index (χ1) is 13.4. The highest BCUT2D eigenvalue weighted by atomic mass is 35.5. The van der Waals surface area contributed by atoms with Crippen molar-refractivity contribution in [2.45, 2.75) is 0 Å². The highest BCUT2D eigenvalue weighted by Gasteiger charge is 2.20. The molecular weight excluding hydrogens is 399 g/mol. The normalized spacial score (nSPS) is 10.4. The van der Waals surface area contributed by atoms with Gasteiger partial charge in [0.05, 0.1) is 32.5 Å². The fourth-order valence-corrected chi connectivity index (χ4v) is 2.99. The minimum atomic E-state index is -0.497. The van der Waals surface area contributed by atoms with E-state index in [0.29, 0.717) is 11.4 Å². The molecule has 3 aromatic carbocycles. The van der Waals surface area contributed by atoms with Crippen LogP contribution in [0.2, 0.25) is 10.0 Å². The van der Waals surface area contributed by atoms with Crippen LogP contribution in [-0.4, -0.2) is 11.8 Å². The molecule has 0 atom stereocenters. The number of nitrogens with zero attached hydrogens (tertiary/aromatic N) is 2. The monoisotopic (exact) mass is 414 g/mol. The van der Waals surface area contributed by atoms with E-state index in [-0.39, 0.29) is 21.2 Å². The van der Waals surface area contributed by atoms with Crippen LogP contribution in [-0.2, 0) is 0 Å². The molecule has 0 fully saturated rings. The molecule has 0 aliphatic rings. The first-order valence-corrected chi connectivity index (χ1v) is 8.93. The van der Waals surface area contributed by atoms with Crippen molar-refractivity contribution >= 4 is 46.4 Å². The SMILES string of the molecule is NN(C(=O)c1ccccc1Cl)c1cccc(N(N)C(=O)c2ccccc2Cl)c1. The van der Waals surface area contributed by atoms with E-state index in [1.165, 1.54) is 6.07 Å². The Kier molecular flexibility index (Phi) is 5.96. The average Bonchev–Trinajstić information content (AvgIpc) is 2.72. The standard InChI is InChI=1S/C20H16Cl2N4O2/c21-17-10-3-1-8-15(17)19(27)25(23)13-6-5-7-14(12-13)26(24)20(28)16-9-2-4-11-18(16)22/h1-12H,23-24H2. The zero-order valence-electron chi connectivity index (χ0n) is 14.5. The summed E-state index contributed by atoms with van der Waals surface area (Å²) in [6.07, 6.45) is 0. The van der Waals surface area contributed by atoms with Crippen LogP contribution < -0.4 is 21.7 Å². The number of benzene rings is 3. The Morgan fingerprint density at radius 1 is 0.643 bits per heavy atom. The molecular formula is C20H16Cl2N4O2. The van der Waals surface area contributed by atoms with Crippen LogP contribution in [0.1, 0.15) is 20.7 Å². The summed E-state index contributed by atoms with van der Waals surface area (Å²) >= 11 is 12.1. The molecule has 0 bridgehead atoms. The van der Waals surface area contributed by atoms with Crippen LogP contribution >= 0.6 is 23.2 Å². The lowest BCUT2D eigenvalue weighted by Crippen LogP contribution is -2.39. The van der Waals surface area contributed by atoms with Gasteiger partial charge in [0, 0.05) is 0 Å². The van der Waals surface area contributed by atoms with Crippen molar-refractivity contribution in [1.82, 2.24) is 0 Å². The Balaban J connectivity index is 1.88. The molecule has 0 spiro atoms. The number of rotatable bonds is 4. The van der Waals surface area contributed by atoms with Crippen molar-refractivity contribution in [2.75, 3.05) is 10.0 Å². The second-order valence-corrected chi connectivity index (χ2v) is 6.64. The highest BCUT2D eigenvalue weighted by Crippen LogP contribution is 2.25.